The van der Waals surface area contributed by atoms with Crippen molar-refractivity contribution in [3.05, 3.63) is 12.2 Å². The molecule has 0 spiro atoms. The van der Waals surface area contributed by atoms with Crippen molar-refractivity contribution in [1.29, 1.82) is 0 Å². The molecule has 17 heavy (non-hydrogen) atoms. The fourth-order valence-corrected chi connectivity index (χ4v) is 1.57. The molecule has 3 N–H and O–H groups in total. The van der Waals surface area contributed by atoms with Gasteiger partial charge in [0.25, 0.3) is 0 Å². The number of carbonyl (C=O) groups is 2. The van der Waals surface area contributed by atoms with Gasteiger partial charge in [-0.25, -0.2) is 0 Å². The van der Waals surface area contributed by atoms with Gasteiger partial charge < -0.3 is 10.8 Å². The minimum absolute atomic E-state index is 0.00410. The van der Waals surface area contributed by atoms with Gasteiger partial charge in [-0.05, 0) is 24.8 Å². The first kappa shape index (κ1) is 15.8. The molecule has 0 fully saturated rings. The average molecular weight is 241 g/mol. The monoisotopic (exact) mass is 241 g/mol. The highest BCUT2D eigenvalue weighted by atomic mass is 16.4. The Morgan fingerprint density at radius 3 is 2.59 bits per heavy atom. The molecule has 98 valence electrons. The maximum atomic E-state index is 11.5. The van der Waals surface area contributed by atoms with E-state index in [4.69, 9.17) is 10.8 Å². The molecule has 1 unspecified atom stereocenters. The fraction of sp³-hybridized carbons (Fsp3) is 0.692. The highest BCUT2D eigenvalue weighted by molar-refractivity contribution is 5.89. The number of ketones is 1. The van der Waals surface area contributed by atoms with Crippen LogP contribution in [0.1, 0.15) is 46.0 Å². The first-order valence-corrected chi connectivity index (χ1v) is 6.15. The van der Waals surface area contributed by atoms with Gasteiger partial charge in [-0.15, -0.1) is 0 Å². The molecule has 0 aliphatic heterocycles. The number of carboxylic acid groups (broad SMARTS) is 1. The first-order valence-electron chi connectivity index (χ1n) is 6.15. The summed E-state index contributed by atoms with van der Waals surface area (Å²) in [5.41, 5.74) is 5.40. The summed E-state index contributed by atoms with van der Waals surface area (Å²) >= 11 is 0. The zero-order valence-corrected chi connectivity index (χ0v) is 10.7. The molecule has 0 radical (unpaired) electrons. The number of carbonyl (C=O) groups excluding carboxylic acids is 1. The number of hydrogen-bond acceptors (Lipinski definition) is 3. The van der Waals surface area contributed by atoms with Crippen molar-refractivity contribution in [2.45, 2.75) is 52.0 Å². The van der Waals surface area contributed by atoms with Crippen LogP contribution in [-0.4, -0.2) is 22.9 Å². The van der Waals surface area contributed by atoms with Gasteiger partial charge in [0.15, 0.2) is 5.78 Å². The smallest absolute Gasteiger partial charge is 0.320 e. The third-order valence-corrected chi connectivity index (χ3v) is 2.55. The third-order valence-electron chi connectivity index (χ3n) is 2.55. The van der Waals surface area contributed by atoms with Crippen molar-refractivity contribution in [2.75, 3.05) is 0 Å². The molecule has 0 rings (SSSR count). The number of unbranched alkanes of at least 4 members (excludes halogenated alkanes) is 2. The van der Waals surface area contributed by atoms with E-state index in [0.717, 1.165) is 19.3 Å². The third kappa shape index (κ3) is 8.63. The SMILES string of the molecule is CCCCC=CC(=O)CC(C)C[C@H](N)C(=O)O. The predicted octanol–water partition coefficient (Wildman–Crippen LogP) is 2.13. The van der Waals surface area contributed by atoms with Gasteiger partial charge >= 0.3 is 5.97 Å². The van der Waals surface area contributed by atoms with Crippen LogP contribution in [0.25, 0.3) is 0 Å². The van der Waals surface area contributed by atoms with E-state index in [0.29, 0.717) is 12.8 Å². The second kappa shape index (κ2) is 8.93. The molecule has 0 amide bonds. The van der Waals surface area contributed by atoms with Crippen molar-refractivity contribution >= 4 is 11.8 Å². The lowest BCUT2D eigenvalue weighted by Gasteiger charge is -2.12. The summed E-state index contributed by atoms with van der Waals surface area (Å²) in [6.07, 6.45) is 7.30. The number of rotatable bonds is 9. The number of nitrogens with two attached hydrogens (primary N) is 1. The quantitative estimate of drug-likeness (QED) is 0.478. The maximum Gasteiger partial charge on any atom is 0.320 e. The molecule has 0 heterocycles. The van der Waals surface area contributed by atoms with E-state index in [1.54, 1.807) is 6.08 Å². The molecule has 0 aromatic carbocycles. The standard InChI is InChI=1S/C13H23NO3/c1-3-4-5-6-7-11(15)8-10(2)9-12(14)13(16)17/h6-7,10,12H,3-5,8-9,14H2,1-2H3,(H,16,17)/t10?,12-/m0/s1. The van der Waals surface area contributed by atoms with Gasteiger partial charge in [-0.3, -0.25) is 9.59 Å². The van der Waals surface area contributed by atoms with E-state index in [1.165, 1.54) is 0 Å². The summed E-state index contributed by atoms with van der Waals surface area (Å²) in [4.78, 5) is 22.0. The summed E-state index contributed by atoms with van der Waals surface area (Å²) < 4.78 is 0. The van der Waals surface area contributed by atoms with Gasteiger partial charge in [0, 0.05) is 6.42 Å². The summed E-state index contributed by atoms with van der Waals surface area (Å²) in [5.74, 6) is -0.960. The Balaban J connectivity index is 3.87. The predicted molar refractivity (Wildman–Crippen MR) is 67.7 cm³/mol. The minimum Gasteiger partial charge on any atom is -0.480 e. The van der Waals surface area contributed by atoms with Crippen LogP contribution in [0, 0.1) is 5.92 Å². The number of carboxylic acids is 1. The van der Waals surface area contributed by atoms with E-state index in [2.05, 4.69) is 6.92 Å². The van der Waals surface area contributed by atoms with Crippen LogP contribution >= 0.6 is 0 Å². The van der Waals surface area contributed by atoms with Crippen LogP contribution < -0.4 is 5.73 Å². The molecule has 4 nitrogen and oxygen atoms in total. The summed E-state index contributed by atoms with van der Waals surface area (Å²) in [6.45, 7) is 3.95. The Labute approximate surface area is 103 Å². The van der Waals surface area contributed by atoms with Crippen LogP contribution in [0.5, 0.6) is 0 Å². The molecule has 4 heteroatoms. The van der Waals surface area contributed by atoms with E-state index in [-0.39, 0.29) is 11.7 Å². The highest BCUT2D eigenvalue weighted by Gasteiger charge is 2.16. The summed E-state index contributed by atoms with van der Waals surface area (Å²) in [7, 11) is 0. The van der Waals surface area contributed by atoms with E-state index in [1.807, 2.05) is 13.0 Å². The van der Waals surface area contributed by atoms with Crippen LogP contribution in [0.4, 0.5) is 0 Å². The van der Waals surface area contributed by atoms with Gasteiger partial charge in [0.2, 0.25) is 0 Å². The van der Waals surface area contributed by atoms with Crippen molar-refractivity contribution in [1.82, 2.24) is 0 Å². The second-order valence-corrected chi connectivity index (χ2v) is 4.50. The van der Waals surface area contributed by atoms with Gasteiger partial charge in [0.05, 0.1) is 0 Å². The lowest BCUT2D eigenvalue weighted by Crippen LogP contribution is -2.32. The average Bonchev–Trinajstić information content (AvgIpc) is 2.24. The van der Waals surface area contributed by atoms with Crippen molar-refractivity contribution in [3.63, 3.8) is 0 Å². The largest absolute Gasteiger partial charge is 0.480 e. The number of hydrogen-bond donors (Lipinski definition) is 2. The first-order chi connectivity index (χ1) is 7.97. The van der Waals surface area contributed by atoms with Gasteiger partial charge in [-0.2, -0.15) is 0 Å². The van der Waals surface area contributed by atoms with Crippen LogP contribution in [0.15, 0.2) is 12.2 Å². The Kier molecular flexibility index (Phi) is 8.32. The zero-order valence-electron chi connectivity index (χ0n) is 10.7. The lowest BCUT2D eigenvalue weighted by atomic mass is 9.96. The lowest BCUT2D eigenvalue weighted by molar-refractivity contribution is -0.139. The van der Waals surface area contributed by atoms with E-state index in [9.17, 15) is 9.59 Å². The van der Waals surface area contributed by atoms with Crippen molar-refractivity contribution < 1.29 is 14.7 Å². The van der Waals surface area contributed by atoms with E-state index >= 15 is 0 Å². The Morgan fingerprint density at radius 2 is 2.06 bits per heavy atom. The summed E-state index contributed by atoms with van der Waals surface area (Å²) in [6, 6.07) is -0.873. The van der Waals surface area contributed by atoms with Gasteiger partial charge in [-0.1, -0.05) is 32.8 Å². The zero-order chi connectivity index (χ0) is 13.3. The molecule has 0 saturated heterocycles. The maximum absolute atomic E-state index is 11.5. The Morgan fingerprint density at radius 1 is 1.41 bits per heavy atom. The van der Waals surface area contributed by atoms with Gasteiger partial charge in [0.1, 0.15) is 6.04 Å². The van der Waals surface area contributed by atoms with Crippen LogP contribution in [0.2, 0.25) is 0 Å². The molecule has 0 bridgehead atoms. The topological polar surface area (TPSA) is 80.4 Å². The van der Waals surface area contributed by atoms with E-state index < -0.39 is 12.0 Å². The van der Waals surface area contributed by atoms with Crippen molar-refractivity contribution in [3.8, 4) is 0 Å². The Bertz CT molecular complexity index is 274. The number of allylic oxidation sites excluding steroid dienone is 2. The number of aliphatic carboxylic acids is 1. The normalized spacial score (nSPS) is 14.8. The molecular formula is C13H23NO3. The molecule has 0 aliphatic carbocycles. The molecule has 2 atom stereocenters. The minimum atomic E-state index is -1.01. The van der Waals surface area contributed by atoms with Crippen LogP contribution in [-0.2, 0) is 9.59 Å². The molecule has 0 saturated carbocycles. The highest BCUT2D eigenvalue weighted by Crippen LogP contribution is 2.11. The van der Waals surface area contributed by atoms with Crippen LogP contribution in [0.3, 0.4) is 0 Å². The Hall–Kier alpha value is -1.16. The molecular weight excluding hydrogens is 218 g/mol. The fourth-order valence-electron chi connectivity index (χ4n) is 1.57. The molecule has 0 aromatic heterocycles. The van der Waals surface area contributed by atoms with Crippen molar-refractivity contribution in [2.24, 2.45) is 11.7 Å². The second-order valence-electron chi connectivity index (χ2n) is 4.50. The summed E-state index contributed by atoms with van der Waals surface area (Å²) in [5, 5.41) is 8.64. The molecule has 0 aromatic rings. The molecule has 0 aliphatic rings.